The summed E-state index contributed by atoms with van der Waals surface area (Å²) in [6, 6.07) is 5.67. The minimum atomic E-state index is 0.765. The van der Waals surface area contributed by atoms with E-state index in [4.69, 9.17) is 4.42 Å². The van der Waals surface area contributed by atoms with Crippen molar-refractivity contribution in [1.82, 2.24) is 0 Å². The van der Waals surface area contributed by atoms with Crippen LogP contribution in [0.2, 0.25) is 0 Å². The Hall–Kier alpha value is -1.77. The fourth-order valence-electron chi connectivity index (χ4n) is 2.61. The lowest BCUT2D eigenvalue weighted by Gasteiger charge is -2.30. The van der Waals surface area contributed by atoms with Gasteiger partial charge < -0.3 is 9.32 Å². The molecule has 0 saturated carbocycles. The Morgan fingerprint density at radius 2 is 1.94 bits per heavy atom. The van der Waals surface area contributed by atoms with Gasteiger partial charge in [-0.1, -0.05) is 0 Å². The molecule has 1 fully saturated rings. The van der Waals surface area contributed by atoms with Crippen molar-refractivity contribution in [1.29, 1.82) is 0 Å². The second-order valence-corrected chi connectivity index (χ2v) is 4.50. The van der Waals surface area contributed by atoms with E-state index in [0.29, 0.717) is 0 Å². The van der Waals surface area contributed by atoms with Gasteiger partial charge in [0.2, 0.25) is 0 Å². The van der Waals surface area contributed by atoms with Crippen LogP contribution in [-0.2, 0) is 0 Å². The molecule has 0 spiro atoms. The molecule has 17 heavy (non-hydrogen) atoms. The summed E-state index contributed by atoms with van der Waals surface area (Å²) in [4.78, 5) is 13.5. The highest BCUT2D eigenvalue weighted by Crippen LogP contribution is 2.32. The maximum absolute atomic E-state index is 11.2. The monoisotopic (exact) mass is 229 g/mol. The van der Waals surface area contributed by atoms with Gasteiger partial charge in [0.15, 0.2) is 6.29 Å². The first-order valence-corrected chi connectivity index (χ1v) is 6.10. The van der Waals surface area contributed by atoms with E-state index in [1.165, 1.54) is 19.3 Å². The number of hydrogen-bond acceptors (Lipinski definition) is 3. The summed E-state index contributed by atoms with van der Waals surface area (Å²) in [5.41, 5.74) is 2.67. The number of rotatable bonds is 2. The lowest BCUT2D eigenvalue weighted by Crippen LogP contribution is -2.30. The molecule has 0 unspecified atom stereocenters. The van der Waals surface area contributed by atoms with Gasteiger partial charge in [0, 0.05) is 24.0 Å². The van der Waals surface area contributed by atoms with Gasteiger partial charge in [-0.05, 0) is 37.5 Å². The van der Waals surface area contributed by atoms with Gasteiger partial charge in [0.25, 0.3) is 0 Å². The Kier molecular flexibility index (Phi) is 2.59. The molecule has 1 aromatic heterocycles. The fourth-order valence-corrected chi connectivity index (χ4v) is 2.61. The van der Waals surface area contributed by atoms with E-state index in [1.54, 1.807) is 6.26 Å². The van der Waals surface area contributed by atoms with Gasteiger partial charge >= 0.3 is 0 Å². The normalized spacial score (nSPS) is 16.4. The number of carbonyl (C=O) groups excluding carboxylic acids is 1. The molecule has 0 aliphatic carbocycles. The number of nitrogens with zero attached hydrogens (tertiary/aromatic N) is 1. The maximum atomic E-state index is 11.2. The molecule has 88 valence electrons. The predicted octanol–water partition coefficient (Wildman–Crippen LogP) is 3.24. The molecule has 3 nitrogen and oxygen atoms in total. The highest BCUT2D eigenvalue weighted by Gasteiger charge is 2.18. The first kappa shape index (κ1) is 10.4. The second-order valence-electron chi connectivity index (χ2n) is 4.50. The second kappa shape index (κ2) is 4.24. The molecule has 0 amide bonds. The highest BCUT2D eigenvalue weighted by atomic mass is 16.3. The van der Waals surface area contributed by atoms with Crippen LogP contribution in [0.25, 0.3) is 11.0 Å². The SMILES string of the molecule is O=Cc1ccc2occc2c1N1CCCCC1. The van der Waals surface area contributed by atoms with Crippen LogP contribution < -0.4 is 4.90 Å². The zero-order chi connectivity index (χ0) is 11.7. The van der Waals surface area contributed by atoms with Crippen molar-refractivity contribution < 1.29 is 9.21 Å². The molecule has 2 heterocycles. The quantitative estimate of drug-likeness (QED) is 0.741. The van der Waals surface area contributed by atoms with E-state index >= 15 is 0 Å². The number of aldehydes is 1. The molecular formula is C14H15NO2. The zero-order valence-electron chi connectivity index (χ0n) is 9.69. The van der Waals surface area contributed by atoms with E-state index in [0.717, 1.165) is 41.6 Å². The number of anilines is 1. The predicted molar refractivity (Wildman–Crippen MR) is 67.7 cm³/mol. The number of piperidine rings is 1. The third-order valence-electron chi connectivity index (χ3n) is 3.44. The van der Waals surface area contributed by atoms with Gasteiger partial charge in [-0.2, -0.15) is 0 Å². The first-order chi connectivity index (χ1) is 8.40. The van der Waals surface area contributed by atoms with E-state index in [2.05, 4.69) is 4.90 Å². The number of fused-ring (bicyclic) bond motifs is 1. The molecule has 0 radical (unpaired) electrons. The van der Waals surface area contributed by atoms with Crippen LogP contribution in [0.1, 0.15) is 29.6 Å². The number of furan rings is 1. The van der Waals surface area contributed by atoms with Crippen molar-refractivity contribution in [3.8, 4) is 0 Å². The average molecular weight is 229 g/mol. The fraction of sp³-hybridized carbons (Fsp3) is 0.357. The van der Waals surface area contributed by atoms with Crippen LogP contribution in [0.3, 0.4) is 0 Å². The molecule has 1 aliphatic heterocycles. The average Bonchev–Trinajstić information content (AvgIpc) is 2.86. The molecular weight excluding hydrogens is 214 g/mol. The van der Waals surface area contributed by atoms with Crippen molar-refractivity contribution in [3.05, 3.63) is 30.0 Å². The summed E-state index contributed by atoms with van der Waals surface area (Å²) < 4.78 is 5.41. The smallest absolute Gasteiger partial charge is 0.152 e. The standard InChI is InChI=1S/C14H15NO2/c16-10-11-4-5-13-12(6-9-17-13)14(11)15-7-2-1-3-8-15/h4-6,9-10H,1-3,7-8H2. The Morgan fingerprint density at radius 3 is 2.71 bits per heavy atom. The number of hydrogen-bond donors (Lipinski definition) is 0. The van der Waals surface area contributed by atoms with Gasteiger partial charge in [0.05, 0.1) is 12.0 Å². The Morgan fingerprint density at radius 1 is 1.12 bits per heavy atom. The van der Waals surface area contributed by atoms with Crippen LogP contribution in [-0.4, -0.2) is 19.4 Å². The molecule has 0 atom stereocenters. The van der Waals surface area contributed by atoms with Crippen LogP contribution >= 0.6 is 0 Å². The molecule has 2 aromatic rings. The van der Waals surface area contributed by atoms with Gasteiger partial charge in [-0.15, -0.1) is 0 Å². The largest absolute Gasteiger partial charge is 0.464 e. The number of carbonyl (C=O) groups is 1. The van der Waals surface area contributed by atoms with Gasteiger partial charge in [-0.3, -0.25) is 4.79 Å². The minimum absolute atomic E-state index is 0.765. The molecule has 0 N–H and O–H groups in total. The summed E-state index contributed by atoms with van der Waals surface area (Å²) in [7, 11) is 0. The molecule has 3 heteroatoms. The molecule has 3 rings (SSSR count). The topological polar surface area (TPSA) is 33.5 Å². The summed E-state index contributed by atoms with van der Waals surface area (Å²) in [5, 5.41) is 1.05. The van der Waals surface area contributed by atoms with E-state index in [9.17, 15) is 4.79 Å². The van der Waals surface area contributed by atoms with Crippen molar-refractivity contribution in [3.63, 3.8) is 0 Å². The summed E-state index contributed by atoms with van der Waals surface area (Å²) in [5.74, 6) is 0. The summed E-state index contributed by atoms with van der Waals surface area (Å²) in [6.07, 6.45) is 6.32. The lowest BCUT2D eigenvalue weighted by atomic mass is 10.0. The van der Waals surface area contributed by atoms with Crippen molar-refractivity contribution in [2.24, 2.45) is 0 Å². The van der Waals surface area contributed by atoms with E-state index in [1.807, 2.05) is 18.2 Å². The van der Waals surface area contributed by atoms with Crippen LogP contribution in [0.5, 0.6) is 0 Å². The zero-order valence-corrected chi connectivity index (χ0v) is 9.69. The Labute approximate surface area is 100 Å². The van der Waals surface area contributed by atoms with Crippen LogP contribution in [0.4, 0.5) is 5.69 Å². The molecule has 1 aliphatic rings. The van der Waals surface area contributed by atoms with Crippen LogP contribution in [0, 0.1) is 0 Å². The minimum Gasteiger partial charge on any atom is -0.464 e. The first-order valence-electron chi connectivity index (χ1n) is 6.10. The maximum Gasteiger partial charge on any atom is 0.152 e. The van der Waals surface area contributed by atoms with E-state index in [-0.39, 0.29) is 0 Å². The van der Waals surface area contributed by atoms with Crippen LogP contribution in [0.15, 0.2) is 28.9 Å². The third-order valence-corrected chi connectivity index (χ3v) is 3.44. The Bertz CT molecular complexity index is 538. The molecule has 1 aromatic carbocycles. The summed E-state index contributed by atoms with van der Waals surface area (Å²) in [6.45, 7) is 2.07. The van der Waals surface area contributed by atoms with E-state index < -0.39 is 0 Å². The number of benzene rings is 1. The highest BCUT2D eigenvalue weighted by molar-refractivity contribution is 6.00. The van der Waals surface area contributed by atoms with Crippen molar-refractivity contribution in [2.75, 3.05) is 18.0 Å². The van der Waals surface area contributed by atoms with Gasteiger partial charge in [0.1, 0.15) is 5.58 Å². The van der Waals surface area contributed by atoms with Crippen molar-refractivity contribution in [2.45, 2.75) is 19.3 Å². The third kappa shape index (κ3) is 1.71. The molecule has 1 saturated heterocycles. The Balaban J connectivity index is 2.16. The lowest BCUT2D eigenvalue weighted by molar-refractivity contribution is 0.112. The molecule has 0 bridgehead atoms. The van der Waals surface area contributed by atoms with Crippen molar-refractivity contribution >= 4 is 22.9 Å². The van der Waals surface area contributed by atoms with Gasteiger partial charge in [-0.25, -0.2) is 0 Å². The summed E-state index contributed by atoms with van der Waals surface area (Å²) >= 11 is 0.